The number of aryl methyl sites for hydroxylation is 1. The zero-order valence-electron chi connectivity index (χ0n) is 8.42. The number of fused-ring (bicyclic) bond motifs is 1. The summed E-state index contributed by atoms with van der Waals surface area (Å²) < 4.78 is 0. The Morgan fingerprint density at radius 3 is 2.86 bits per heavy atom. The van der Waals surface area contributed by atoms with Gasteiger partial charge in [-0.3, -0.25) is 4.79 Å². The second kappa shape index (κ2) is 3.33. The summed E-state index contributed by atoms with van der Waals surface area (Å²) in [6, 6.07) is 5.97. The van der Waals surface area contributed by atoms with Crippen LogP contribution in [0.3, 0.4) is 0 Å². The van der Waals surface area contributed by atoms with Gasteiger partial charge >= 0.3 is 0 Å². The third-order valence-electron chi connectivity index (χ3n) is 2.52. The van der Waals surface area contributed by atoms with Crippen molar-refractivity contribution in [2.75, 3.05) is 10.6 Å². The fourth-order valence-corrected chi connectivity index (χ4v) is 1.58. The smallest absolute Gasteiger partial charge is 0.246 e. The van der Waals surface area contributed by atoms with Gasteiger partial charge in [0.2, 0.25) is 5.91 Å². The molecule has 2 N–H and O–H groups in total. The molecule has 0 aliphatic carbocycles. The molecule has 1 atom stereocenters. The van der Waals surface area contributed by atoms with Crippen LogP contribution in [0.25, 0.3) is 0 Å². The molecule has 1 unspecified atom stereocenters. The zero-order valence-corrected chi connectivity index (χ0v) is 8.42. The molecule has 2 rings (SSSR count). The average molecular weight is 190 g/mol. The lowest BCUT2D eigenvalue weighted by atomic mass is 10.1. The Kier molecular flexibility index (Phi) is 2.15. The van der Waals surface area contributed by atoms with Gasteiger partial charge < -0.3 is 10.6 Å². The molecule has 0 saturated heterocycles. The monoisotopic (exact) mass is 190 g/mol. The van der Waals surface area contributed by atoms with Gasteiger partial charge in [0, 0.05) is 0 Å². The van der Waals surface area contributed by atoms with Crippen molar-refractivity contribution in [1.29, 1.82) is 0 Å². The second-order valence-corrected chi connectivity index (χ2v) is 3.59. The molecule has 0 saturated carbocycles. The number of carbonyl (C=O) groups is 1. The number of nitrogens with one attached hydrogen (secondary N) is 2. The molecule has 1 heterocycles. The first-order valence-electron chi connectivity index (χ1n) is 4.91. The molecule has 0 spiro atoms. The first-order valence-corrected chi connectivity index (χ1v) is 4.91. The summed E-state index contributed by atoms with van der Waals surface area (Å²) in [5, 5.41) is 6.03. The van der Waals surface area contributed by atoms with E-state index in [-0.39, 0.29) is 11.9 Å². The van der Waals surface area contributed by atoms with Crippen molar-refractivity contribution in [3.05, 3.63) is 23.8 Å². The minimum Gasteiger partial charge on any atom is -0.372 e. The summed E-state index contributed by atoms with van der Waals surface area (Å²) in [7, 11) is 0. The lowest BCUT2D eigenvalue weighted by Crippen LogP contribution is -2.36. The van der Waals surface area contributed by atoms with Crippen molar-refractivity contribution < 1.29 is 4.79 Å². The fourth-order valence-electron chi connectivity index (χ4n) is 1.58. The summed E-state index contributed by atoms with van der Waals surface area (Å²) in [5.74, 6) is 0.0331. The minimum absolute atomic E-state index is 0.0331. The molecule has 1 aliphatic rings. The van der Waals surface area contributed by atoms with E-state index in [4.69, 9.17) is 0 Å². The van der Waals surface area contributed by atoms with Crippen LogP contribution in [-0.2, 0) is 11.2 Å². The van der Waals surface area contributed by atoms with Gasteiger partial charge in [-0.25, -0.2) is 0 Å². The molecule has 74 valence electrons. The maximum Gasteiger partial charge on any atom is 0.246 e. The van der Waals surface area contributed by atoms with Crippen LogP contribution in [0.4, 0.5) is 11.4 Å². The highest BCUT2D eigenvalue weighted by Gasteiger charge is 2.20. The molecular weight excluding hydrogens is 176 g/mol. The van der Waals surface area contributed by atoms with Crippen LogP contribution in [0.2, 0.25) is 0 Å². The van der Waals surface area contributed by atoms with E-state index in [1.807, 2.05) is 19.1 Å². The van der Waals surface area contributed by atoms with Gasteiger partial charge in [0.1, 0.15) is 6.04 Å². The summed E-state index contributed by atoms with van der Waals surface area (Å²) >= 11 is 0. The number of benzene rings is 1. The van der Waals surface area contributed by atoms with Crippen LogP contribution in [-0.4, -0.2) is 11.9 Å². The highest BCUT2D eigenvalue weighted by atomic mass is 16.2. The topological polar surface area (TPSA) is 41.1 Å². The minimum atomic E-state index is -0.144. The maximum atomic E-state index is 11.4. The quantitative estimate of drug-likeness (QED) is 0.711. The fraction of sp³-hybridized carbons (Fsp3) is 0.364. The van der Waals surface area contributed by atoms with E-state index in [9.17, 15) is 4.79 Å². The number of rotatable bonds is 1. The SMILES string of the molecule is CCc1ccc2c(c1)NC(=O)C(C)N2. The molecule has 1 aromatic rings. The number of hydrogen-bond donors (Lipinski definition) is 2. The van der Waals surface area contributed by atoms with Crippen LogP contribution in [0.5, 0.6) is 0 Å². The Morgan fingerprint density at radius 2 is 2.14 bits per heavy atom. The van der Waals surface area contributed by atoms with Gasteiger partial charge in [0.05, 0.1) is 11.4 Å². The molecule has 0 bridgehead atoms. The molecule has 1 aliphatic heterocycles. The molecule has 14 heavy (non-hydrogen) atoms. The maximum absolute atomic E-state index is 11.4. The molecule has 1 aromatic carbocycles. The Labute approximate surface area is 83.5 Å². The van der Waals surface area contributed by atoms with Crippen molar-refractivity contribution in [3.8, 4) is 0 Å². The third-order valence-corrected chi connectivity index (χ3v) is 2.52. The Bertz CT molecular complexity index is 374. The standard InChI is InChI=1S/C11H14N2O/c1-3-8-4-5-9-10(6-8)13-11(14)7(2)12-9/h4-7,12H,3H2,1-2H3,(H,13,14). The number of hydrogen-bond acceptors (Lipinski definition) is 2. The lowest BCUT2D eigenvalue weighted by molar-refractivity contribution is -0.116. The van der Waals surface area contributed by atoms with E-state index < -0.39 is 0 Å². The second-order valence-electron chi connectivity index (χ2n) is 3.59. The van der Waals surface area contributed by atoms with Gasteiger partial charge in [-0.05, 0) is 31.0 Å². The highest BCUT2D eigenvalue weighted by molar-refractivity contribution is 6.02. The number of carbonyl (C=O) groups excluding carboxylic acids is 1. The molecule has 3 heteroatoms. The Balaban J connectivity index is 2.37. The van der Waals surface area contributed by atoms with Crippen molar-refractivity contribution in [1.82, 2.24) is 0 Å². The Morgan fingerprint density at radius 1 is 1.36 bits per heavy atom. The predicted molar refractivity (Wildman–Crippen MR) is 57.5 cm³/mol. The largest absolute Gasteiger partial charge is 0.372 e. The van der Waals surface area contributed by atoms with Crippen LogP contribution in [0.15, 0.2) is 18.2 Å². The van der Waals surface area contributed by atoms with E-state index in [2.05, 4.69) is 23.6 Å². The first kappa shape index (κ1) is 9.06. The summed E-state index contributed by atoms with van der Waals surface area (Å²) in [4.78, 5) is 11.4. The van der Waals surface area contributed by atoms with Gasteiger partial charge in [0.25, 0.3) is 0 Å². The van der Waals surface area contributed by atoms with Crippen molar-refractivity contribution >= 4 is 17.3 Å². The summed E-state index contributed by atoms with van der Waals surface area (Å²) in [6.45, 7) is 3.95. The van der Waals surface area contributed by atoms with Crippen LogP contribution in [0.1, 0.15) is 19.4 Å². The number of anilines is 2. The van der Waals surface area contributed by atoms with E-state index in [1.165, 1.54) is 5.56 Å². The first-order chi connectivity index (χ1) is 6.70. The lowest BCUT2D eigenvalue weighted by Gasteiger charge is -2.24. The van der Waals surface area contributed by atoms with E-state index in [0.29, 0.717) is 0 Å². The molecular formula is C11H14N2O. The average Bonchev–Trinajstić information content (AvgIpc) is 2.19. The van der Waals surface area contributed by atoms with Crippen LogP contribution in [0, 0.1) is 0 Å². The normalized spacial score (nSPS) is 19.6. The highest BCUT2D eigenvalue weighted by Crippen LogP contribution is 2.27. The van der Waals surface area contributed by atoms with E-state index >= 15 is 0 Å². The molecule has 1 amide bonds. The Hall–Kier alpha value is -1.51. The zero-order chi connectivity index (χ0) is 10.1. The van der Waals surface area contributed by atoms with Gasteiger partial charge in [-0.15, -0.1) is 0 Å². The summed E-state index contributed by atoms with van der Waals surface area (Å²) in [6.07, 6.45) is 0.985. The van der Waals surface area contributed by atoms with Crippen molar-refractivity contribution in [2.24, 2.45) is 0 Å². The van der Waals surface area contributed by atoms with Gasteiger partial charge in [-0.2, -0.15) is 0 Å². The third kappa shape index (κ3) is 1.45. The predicted octanol–water partition coefficient (Wildman–Crippen LogP) is 2.00. The summed E-state index contributed by atoms with van der Waals surface area (Å²) in [5.41, 5.74) is 3.14. The van der Waals surface area contributed by atoms with Crippen molar-refractivity contribution in [2.45, 2.75) is 26.3 Å². The van der Waals surface area contributed by atoms with Gasteiger partial charge in [0.15, 0.2) is 0 Å². The molecule has 0 radical (unpaired) electrons. The molecule has 0 aromatic heterocycles. The molecule has 0 fully saturated rings. The molecule has 3 nitrogen and oxygen atoms in total. The van der Waals surface area contributed by atoms with E-state index in [0.717, 1.165) is 17.8 Å². The number of amides is 1. The van der Waals surface area contributed by atoms with Gasteiger partial charge in [-0.1, -0.05) is 13.0 Å². The van der Waals surface area contributed by atoms with E-state index in [1.54, 1.807) is 0 Å². The van der Waals surface area contributed by atoms with Crippen molar-refractivity contribution in [3.63, 3.8) is 0 Å². The van der Waals surface area contributed by atoms with Crippen LogP contribution < -0.4 is 10.6 Å². The van der Waals surface area contributed by atoms with Crippen LogP contribution >= 0.6 is 0 Å².